The van der Waals surface area contributed by atoms with Crippen LogP contribution in [0.15, 0.2) is 24.3 Å². The molecule has 1 saturated heterocycles. The molecule has 0 unspecified atom stereocenters. The lowest BCUT2D eigenvalue weighted by molar-refractivity contribution is -0.117. The SMILES string of the molecule is O=C1CN(c2c(O)cc3ccc(OC4CC4)cc3c2F)S(=O)(=O)N1. The molecule has 0 spiro atoms. The second-order valence-corrected chi connectivity index (χ2v) is 7.39. The Kier molecular flexibility index (Phi) is 3.11. The Morgan fingerprint density at radius 2 is 2.04 bits per heavy atom. The third-order valence-electron chi connectivity index (χ3n) is 3.90. The van der Waals surface area contributed by atoms with Gasteiger partial charge in [-0.15, -0.1) is 0 Å². The summed E-state index contributed by atoms with van der Waals surface area (Å²) in [6.45, 7) is -0.587. The number of carbonyl (C=O) groups is 1. The molecule has 1 amide bonds. The van der Waals surface area contributed by atoms with Gasteiger partial charge >= 0.3 is 10.2 Å². The molecule has 1 heterocycles. The van der Waals surface area contributed by atoms with Crippen molar-refractivity contribution in [1.82, 2.24) is 4.72 Å². The molecule has 0 aromatic heterocycles. The van der Waals surface area contributed by atoms with E-state index in [1.807, 2.05) is 0 Å². The Morgan fingerprint density at radius 1 is 1.29 bits per heavy atom. The summed E-state index contributed by atoms with van der Waals surface area (Å²) < 4.78 is 46.7. The Labute approximate surface area is 136 Å². The minimum atomic E-state index is -4.22. The first-order chi connectivity index (χ1) is 11.3. The molecule has 2 aliphatic rings. The van der Waals surface area contributed by atoms with Crippen molar-refractivity contribution in [3.8, 4) is 11.5 Å². The standard InChI is InChI=1S/C15H13FN2O5S/c16-14-11-6-10(23-9-3-4-9)2-1-8(11)5-12(19)15(14)18-7-13(20)17-24(18,21)22/h1-2,5-6,9,19H,3-4,7H2,(H,17,20). The molecule has 1 aliphatic heterocycles. The number of nitrogens with one attached hydrogen (secondary N) is 1. The van der Waals surface area contributed by atoms with E-state index in [0.29, 0.717) is 15.4 Å². The third kappa shape index (κ3) is 2.41. The highest BCUT2D eigenvalue weighted by Crippen LogP contribution is 2.39. The van der Waals surface area contributed by atoms with Crippen molar-refractivity contribution < 1.29 is 27.4 Å². The molecule has 24 heavy (non-hydrogen) atoms. The summed E-state index contributed by atoms with van der Waals surface area (Å²) in [6, 6.07) is 5.97. The Balaban J connectivity index is 1.87. The van der Waals surface area contributed by atoms with E-state index in [-0.39, 0.29) is 11.5 Å². The number of amides is 1. The lowest BCUT2D eigenvalue weighted by Crippen LogP contribution is -2.30. The molecule has 0 bridgehead atoms. The molecule has 2 fully saturated rings. The van der Waals surface area contributed by atoms with E-state index in [9.17, 15) is 22.7 Å². The summed E-state index contributed by atoms with van der Waals surface area (Å²) in [4.78, 5) is 11.4. The maximum absolute atomic E-state index is 14.9. The van der Waals surface area contributed by atoms with Crippen LogP contribution in [-0.4, -0.2) is 32.1 Å². The number of phenols is 1. The maximum Gasteiger partial charge on any atom is 0.326 e. The van der Waals surface area contributed by atoms with Gasteiger partial charge in [-0.3, -0.25) is 4.79 Å². The molecule has 1 saturated carbocycles. The number of aromatic hydroxyl groups is 1. The summed E-state index contributed by atoms with van der Waals surface area (Å²) in [7, 11) is -4.22. The largest absolute Gasteiger partial charge is 0.506 e. The molecular formula is C15H13FN2O5S. The first kappa shape index (κ1) is 15.0. The van der Waals surface area contributed by atoms with Crippen molar-refractivity contribution in [3.63, 3.8) is 0 Å². The van der Waals surface area contributed by atoms with E-state index in [4.69, 9.17) is 4.74 Å². The zero-order valence-electron chi connectivity index (χ0n) is 12.3. The summed E-state index contributed by atoms with van der Waals surface area (Å²) in [6.07, 6.45) is 2.02. The minimum absolute atomic E-state index is 0.107. The lowest BCUT2D eigenvalue weighted by Gasteiger charge is -2.18. The van der Waals surface area contributed by atoms with Crippen LogP contribution in [0.2, 0.25) is 0 Å². The van der Waals surface area contributed by atoms with Crippen LogP contribution < -0.4 is 13.8 Å². The van der Waals surface area contributed by atoms with Crippen LogP contribution in [0.5, 0.6) is 11.5 Å². The first-order valence-electron chi connectivity index (χ1n) is 7.30. The monoisotopic (exact) mass is 352 g/mol. The number of ether oxygens (including phenoxy) is 1. The van der Waals surface area contributed by atoms with Crippen molar-refractivity contribution in [2.75, 3.05) is 10.8 Å². The van der Waals surface area contributed by atoms with Crippen LogP contribution in [0.3, 0.4) is 0 Å². The predicted molar refractivity (Wildman–Crippen MR) is 83.6 cm³/mol. The van der Waals surface area contributed by atoms with E-state index >= 15 is 0 Å². The fourth-order valence-electron chi connectivity index (χ4n) is 2.64. The average Bonchev–Trinajstić information content (AvgIpc) is 3.25. The normalized spacial score (nSPS) is 19.5. The van der Waals surface area contributed by atoms with Crippen LogP contribution in [0.25, 0.3) is 10.8 Å². The van der Waals surface area contributed by atoms with E-state index in [0.717, 1.165) is 12.8 Å². The molecule has 126 valence electrons. The summed E-state index contributed by atoms with van der Waals surface area (Å²) in [5, 5.41) is 10.6. The molecule has 0 radical (unpaired) electrons. The number of rotatable bonds is 3. The average molecular weight is 352 g/mol. The lowest BCUT2D eigenvalue weighted by atomic mass is 10.1. The van der Waals surface area contributed by atoms with Crippen molar-refractivity contribution in [3.05, 3.63) is 30.1 Å². The van der Waals surface area contributed by atoms with E-state index in [2.05, 4.69) is 0 Å². The maximum atomic E-state index is 14.9. The molecule has 2 aromatic carbocycles. The number of halogens is 1. The van der Waals surface area contributed by atoms with Gasteiger partial charge in [-0.25, -0.2) is 13.4 Å². The fourth-order valence-corrected chi connectivity index (χ4v) is 3.81. The van der Waals surface area contributed by atoms with Crippen LogP contribution >= 0.6 is 0 Å². The van der Waals surface area contributed by atoms with Gasteiger partial charge in [0.15, 0.2) is 5.82 Å². The van der Waals surface area contributed by atoms with Crippen molar-refractivity contribution in [2.45, 2.75) is 18.9 Å². The Hall–Kier alpha value is -2.55. The Morgan fingerprint density at radius 3 is 2.67 bits per heavy atom. The number of benzene rings is 2. The zero-order chi connectivity index (χ0) is 17.1. The van der Waals surface area contributed by atoms with Crippen LogP contribution in [-0.2, 0) is 15.0 Å². The molecular weight excluding hydrogens is 339 g/mol. The molecule has 2 N–H and O–H groups in total. The number of carbonyl (C=O) groups excluding carboxylic acids is 1. The summed E-state index contributed by atoms with van der Waals surface area (Å²) in [5.41, 5.74) is -0.551. The van der Waals surface area contributed by atoms with Crippen molar-refractivity contribution >= 4 is 32.6 Å². The summed E-state index contributed by atoms with van der Waals surface area (Å²) >= 11 is 0. The van der Waals surface area contributed by atoms with E-state index in [1.54, 1.807) is 16.9 Å². The van der Waals surface area contributed by atoms with Crippen LogP contribution in [0.4, 0.5) is 10.1 Å². The van der Waals surface area contributed by atoms with Gasteiger partial charge in [0, 0.05) is 5.39 Å². The van der Waals surface area contributed by atoms with E-state index in [1.165, 1.54) is 12.1 Å². The number of fused-ring (bicyclic) bond motifs is 1. The number of hydrogen-bond donors (Lipinski definition) is 2. The topological polar surface area (TPSA) is 95.9 Å². The second kappa shape index (κ2) is 4.97. The van der Waals surface area contributed by atoms with E-state index < -0.39 is 39.9 Å². The fraction of sp³-hybridized carbons (Fsp3) is 0.267. The number of nitrogens with zero attached hydrogens (tertiary/aromatic N) is 1. The zero-order valence-corrected chi connectivity index (χ0v) is 13.1. The molecule has 7 nitrogen and oxygen atoms in total. The highest BCUT2D eigenvalue weighted by Gasteiger charge is 2.37. The van der Waals surface area contributed by atoms with Gasteiger partial charge in [0.1, 0.15) is 23.7 Å². The number of hydrogen-bond acceptors (Lipinski definition) is 5. The Bertz CT molecular complexity index is 971. The van der Waals surface area contributed by atoms with Crippen LogP contribution in [0, 0.1) is 5.82 Å². The smallest absolute Gasteiger partial charge is 0.326 e. The highest BCUT2D eigenvalue weighted by atomic mass is 32.2. The number of phenolic OH excluding ortho intramolecular Hbond substituents is 1. The van der Waals surface area contributed by atoms with Gasteiger partial charge in [-0.1, -0.05) is 6.07 Å². The summed E-state index contributed by atoms with van der Waals surface area (Å²) in [5.74, 6) is -1.80. The number of anilines is 1. The van der Waals surface area contributed by atoms with Gasteiger partial charge in [0.2, 0.25) is 0 Å². The third-order valence-corrected chi connectivity index (χ3v) is 5.28. The van der Waals surface area contributed by atoms with Gasteiger partial charge in [0.25, 0.3) is 5.91 Å². The van der Waals surface area contributed by atoms with Crippen LogP contribution in [0.1, 0.15) is 12.8 Å². The molecule has 0 atom stereocenters. The molecule has 4 rings (SSSR count). The van der Waals surface area contributed by atoms with Crippen molar-refractivity contribution in [1.29, 1.82) is 0 Å². The predicted octanol–water partition coefficient (Wildman–Crippen LogP) is 1.41. The highest BCUT2D eigenvalue weighted by molar-refractivity contribution is 7.92. The first-order valence-corrected chi connectivity index (χ1v) is 8.74. The minimum Gasteiger partial charge on any atom is -0.506 e. The van der Waals surface area contributed by atoms with Gasteiger partial charge in [-0.2, -0.15) is 8.42 Å². The van der Waals surface area contributed by atoms with Gasteiger partial charge in [0.05, 0.1) is 6.10 Å². The molecule has 2 aromatic rings. The van der Waals surface area contributed by atoms with Gasteiger partial charge < -0.3 is 9.84 Å². The molecule has 1 aliphatic carbocycles. The molecule has 9 heteroatoms. The van der Waals surface area contributed by atoms with Crippen molar-refractivity contribution in [2.24, 2.45) is 0 Å². The second-order valence-electron chi connectivity index (χ2n) is 5.80. The quantitative estimate of drug-likeness (QED) is 0.871. The van der Waals surface area contributed by atoms with Gasteiger partial charge in [-0.05, 0) is 36.4 Å².